The van der Waals surface area contributed by atoms with Gasteiger partial charge in [-0.1, -0.05) is 60.3 Å². The Labute approximate surface area is 237 Å². The highest BCUT2D eigenvalue weighted by molar-refractivity contribution is 8.15. The van der Waals surface area contributed by atoms with Crippen molar-refractivity contribution in [1.82, 2.24) is 25.1 Å². The molecule has 1 unspecified atom stereocenters. The van der Waals surface area contributed by atoms with Gasteiger partial charge in [0, 0.05) is 5.56 Å². The fourth-order valence-electron chi connectivity index (χ4n) is 3.92. The van der Waals surface area contributed by atoms with E-state index in [9.17, 15) is 24.0 Å². The van der Waals surface area contributed by atoms with Crippen LogP contribution in [0.3, 0.4) is 0 Å². The molecule has 1 aromatic heterocycles. The number of carbonyl (C=O) groups is 4. The van der Waals surface area contributed by atoms with Crippen LogP contribution in [0, 0.1) is 0 Å². The normalized spacial score (nSPS) is 14.7. The van der Waals surface area contributed by atoms with Crippen LogP contribution in [0.1, 0.15) is 12.0 Å². The van der Waals surface area contributed by atoms with Crippen LogP contribution >= 0.6 is 11.8 Å². The topological polar surface area (TPSA) is 154 Å². The number of rotatable bonds is 9. The summed E-state index contributed by atoms with van der Waals surface area (Å²) in [6.07, 6.45) is 1.15. The number of amides is 3. The van der Waals surface area contributed by atoms with Gasteiger partial charge in [-0.15, -0.1) is 5.10 Å². The third-order valence-corrected chi connectivity index (χ3v) is 6.79. The van der Waals surface area contributed by atoms with Gasteiger partial charge in [-0.05, 0) is 42.0 Å². The van der Waals surface area contributed by atoms with Gasteiger partial charge in [0.2, 0.25) is 5.91 Å². The van der Waals surface area contributed by atoms with E-state index in [-0.39, 0.29) is 18.7 Å². The van der Waals surface area contributed by atoms with Crippen molar-refractivity contribution in [3.63, 3.8) is 0 Å². The van der Waals surface area contributed by atoms with E-state index in [0.29, 0.717) is 17.1 Å². The summed E-state index contributed by atoms with van der Waals surface area (Å²) in [5.41, 5.74) is 3.84. The Balaban J connectivity index is 1.20. The highest BCUT2D eigenvalue weighted by atomic mass is 32.2. The van der Waals surface area contributed by atoms with Gasteiger partial charge in [0.25, 0.3) is 11.1 Å². The van der Waals surface area contributed by atoms with Crippen LogP contribution in [0.2, 0.25) is 0 Å². The van der Waals surface area contributed by atoms with E-state index < -0.39 is 34.0 Å². The third-order valence-electron chi connectivity index (χ3n) is 5.81. The van der Waals surface area contributed by atoms with Crippen LogP contribution in [-0.2, 0) is 20.9 Å². The molecule has 12 nitrogen and oxygen atoms in total. The first-order valence-electron chi connectivity index (χ1n) is 12.3. The molecule has 0 saturated carbocycles. The molecule has 2 N–H and O–H groups in total. The molecule has 1 atom stereocenters. The Hall–Kier alpha value is -5.30. The molecule has 2 heterocycles. The number of thioether (sulfide) groups is 1. The Morgan fingerprint density at radius 3 is 2.32 bits per heavy atom. The van der Waals surface area contributed by atoms with Crippen LogP contribution in [-0.4, -0.2) is 48.8 Å². The number of nitrogens with one attached hydrogen (secondary N) is 2. The summed E-state index contributed by atoms with van der Waals surface area (Å²) in [7, 11) is 0. The van der Waals surface area contributed by atoms with E-state index in [1.54, 1.807) is 24.3 Å². The molecule has 0 radical (unpaired) electrons. The number of hydrazone groups is 1. The number of carbonyl (C=O) groups excluding carboxylic acids is 4. The fourth-order valence-corrected chi connectivity index (χ4v) is 4.72. The number of benzene rings is 3. The second-order valence-corrected chi connectivity index (χ2v) is 9.90. The zero-order valence-corrected chi connectivity index (χ0v) is 22.1. The summed E-state index contributed by atoms with van der Waals surface area (Å²) in [5.74, 6) is -1.08. The van der Waals surface area contributed by atoms with Crippen molar-refractivity contribution in [3.8, 4) is 22.8 Å². The Morgan fingerprint density at radius 2 is 1.66 bits per heavy atom. The number of aromatic nitrogens is 3. The molecule has 3 amide bonds. The zero-order valence-electron chi connectivity index (χ0n) is 21.3. The van der Waals surface area contributed by atoms with E-state index in [1.807, 2.05) is 48.5 Å². The quantitative estimate of drug-likeness (QED) is 0.135. The summed E-state index contributed by atoms with van der Waals surface area (Å²) >= 11 is 0.751. The summed E-state index contributed by atoms with van der Waals surface area (Å²) in [6.45, 7) is -0.354. The lowest BCUT2D eigenvalue weighted by molar-refractivity contribution is -0.135. The Bertz CT molecular complexity index is 1680. The zero-order chi connectivity index (χ0) is 28.8. The molecule has 5 rings (SSSR count). The van der Waals surface area contributed by atoms with Gasteiger partial charge in [-0.3, -0.25) is 24.5 Å². The van der Waals surface area contributed by atoms with Crippen molar-refractivity contribution >= 4 is 41.0 Å². The lowest BCUT2D eigenvalue weighted by Gasteiger charge is -2.06. The van der Waals surface area contributed by atoms with Gasteiger partial charge < -0.3 is 4.74 Å². The van der Waals surface area contributed by atoms with E-state index >= 15 is 0 Å². The molecular formula is C28H22N6O6S. The highest BCUT2D eigenvalue weighted by Gasteiger charge is 2.33. The Morgan fingerprint density at radius 1 is 0.976 bits per heavy atom. The molecule has 41 heavy (non-hydrogen) atoms. The number of imide groups is 1. The first-order valence-corrected chi connectivity index (χ1v) is 13.2. The predicted molar refractivity (Wildman–Crippen MR) is 151 cm³/mol. The van der Waals surface area contributed by atoms with Crippen molar-refractivity contribution in [2.75, 3.05) is 0 Å². The first-order chi connectivity index (χ1) is 19.9. The monoisotopic (exact) mass is 570 g/mol. The van der Waals surface area contributed by atoms with Crippen LogP contribution < -0.4 is 21.2 Å². The van der Waals surface area contributed by atoms with Gasteiger partial charge in [-0.25, -0.2) is 19.5 Å². The number of hydrogen-bond acceptors (Lipinski definition) is 9. The minimum absolute atomic E-state index is 0.239. The standard InChI is InChI=1S/C28H22N6O6S/c35-23(17-33-28(39)34(20-9-5-2-6-10-20)25(32-33)19-7-3-1-4-8-19)31-29-16-18-11-13-21(14-12-18)40-24(36)15-22-26(37)30-27(38)41-22/h1-14,16,22H,15,17H2,(H,31,35)(H,30,37,38)/b29-16+. The molecule has 1 aliphatic rings. The maximum absolute atomic E-state index is 13.2. The van der Waals surface area contributed by atoms with Crippen molar-refractivity contribution < 1.29 is 23.9 Å². The SMILES string of the molecule is O=C(Cn1nc(-c2ccccc2)n(-c2ccccc2)c1=O)N/N=C/c1ccc(OC(=O)CC2SC(=O)NC2=O)cc1. The van der Waals surface area contributed by atoms with Gasteiger partial charge >= 0.3 is 11.7 Å². The minimum atomic E-state index is -0.807. The highest BCUT2D eigenvalue weighted by Crippen LogP contribution is 2.23. The average molecular weight is 571 g/mol. The lowest BCUT2D eigenvalue weighted by Crippen LogP contribution is -2.31. The van der Waals surface area contributed by atoms with Gasteiger partial charge in [-0.2, -0.15) is 5.10 Å². The van der Waals surface area contributed by atoms with Crippen LogP contribution in [0.15, 0.2) is 94.8 Å². The largest absolute Gasteiger partial charge is 0.426 e. The Kier molecular flexibility index (Phi) is 8.15. The summed E-state index contributed by atoms with van der Waals surface area (Å²) in [6, 6.07) is 24.5. The molecule has 0 aliphatic carbocycles. The van der Waals surface area contributed by atoms with Crippen molar-refractivity contribution in [2.24, 2.45) is 5.10 Å². The van der Waals surface area contributed by atoms with E-state index in [4.69, 9.17) is 4.74 Å². The molecule has 3 aromatic carbocycles. The average Bonchev–Trinajstić information content (AvgIpc) is 3.47. The van der Waals surface area contributed by atoms with E-state index in [0.717, 1.165) is 22.0 Å². The number of hydrogen-bond donors (Lipinski definition) is 2. The summed E-state index contributed by atoms with van der Waals surface area (Å²) in [4.78, 5) is 60.7. The number of nitrogens with zero attached hydrogens (tertiary/aromatic N) is 4. The molecule has 4 aromatic rings. The number of ether oxygens (including phenoxy) is 1. The van der Waals surface area contributed by atoms with E-state index in [2.05, 4.69) is 20.9 Å². The van der Waals surface area contributed by atoms with Crippen LogP contribution in [0.25, 0.3) is 17.1 Å². The molecule has 0 spiro atoms. The molecule has 1 fully saturated rings. The smallest absolute Gasteiger partial charge is 0.351 e. The predicted octanol–water partition coefficient (Wildman–Crippen LogP) is 2.50. The van der Waals surface area contributed by atoms with Gasteiger partial charge in [0.05, 0.1) is 18.3 Å². The van der Waals surface area contributed by atoms with Crippen molar-refractivity contribution in [1.29, 1.82) is 0 Å². The van der Waals surface area contributed by atoms with Gasteiger partial charge in [0.1, 0.15) is 17.5 Å². The molecule has 1 aliphatic heterocycles. The molecule has 13 heteroatoms. The summed E-state index contributed by atoms with van der Waals surface area (Å²) < 4.78 is 7.73. The molecule has 1 saturated heterocycles. The number of para-hydroxylation sites is 1. The number of esters is 1. The van der Waals surface area contributed by atoms with E-state index in [1.165, 1.54) is 22.9 Å². The maximum atomic E-state index is 13.2. The van der Waals surface area contributed by atoms with Crippen molar-refractivity contribution in [3.05, 3.63) is 101 Å². The molecule has 0 bridgehead atoms. The first kappa shape index (κ1) is 27.3. The maximum Gasteiger partial charge on any atom is 0.351 e. The van der Waals surface area contributed by atoms with Crippen LogP contribution in [0.4, 0.5) is 4.79 Å². The molecule has 206 valence electrons. The minimum Gasteiger partial charge on any atom is -0.426 e. The fraction of sp³-hybridized carbons (Fsp3) is 0.107. The molecular weight excluding hydrogens is 548 g/mol. The lowest BCUT2D eigenvalue weighted by atomic mass is 10.2. The van der Waals surface area contributed by atoms with Crippen molar-refractivity contribution in [2.45, 2.75) is 18.2 Å². The summed E-state index contributed by atoms with van der Waals surface area (Å²) in [5, 5.41) is 9.15. The second kappa shape index (κ2) is 12.3. The second-order valence-electron chi connectivity index (χ2n) is 8.72. The van der Waals surface area contributed by atoms with Crippen LogP contribution in [0.5, 0.6) is 5.75 Å². The van der Waals surface area contributed by atoms with Gasteiger partial charge in [0.15, 0.2) is 5.82 Å². The third kappa shape index (κ3) is 6.65.